The van der Waals surface area contributed by atoms with Crippen LogP contribution in [0.4, 0.5) is 10.1 Å². The SMILES string of the molecule is C#CCOc1ccccc1/C=C1/SC(=Nc2ccc(F)cc2)N(C)C1=O. The van der Waals surface area contributed by atoms with Crippen LogP contribution in [0.3, 0.4) is 0 Å². The van der Waals surface area contributed by atoms with Gasteiger partial charge in [-0.25, -0.2) is 9.38 Å². The zero-order chi connectivity index (χ0) is 18.5. The predicted molar refractivity (Wildman–Crippen MR) is 103 cm³/mol. The van der Waals surface area contributed by atoms with E-state index in [-0.39, 0.29) is 18.3 Å². The van der Waals surface area contributed by atoms with Crippen LogP contribution in [0.2, 0.25) is 0 Å². The van der Waals surface area contributed by atoms with Gasteiger partial charge in [-0.3, -0.25) is 9.69 Å². The van der Waals surface area contributed by atoms with E-state index in [0.29, 0.717) is 21.5 Å². The lowest BCUT2D eigenvalue weighted by molar-refractivity contribution is -0.121. The van der Waals surface area contributed by atoms with Gasteiger partial charge < -0.3 is 4.74 Å². The average Bonchev–Trinajstić information content (AvgIpc) is 2.91. The zero-order valence-electron chi connectivity index (χ0n) is 14.0. The van der Waals surface area contributed by atoms with Crippen LogP contribution in [0.25, 0.3) is 6.08 Å². The zero-order valence-corrected chi connectivity index (χ0v) is 14.8. The Morgan fingerprint density at radius 1 is 1.27 bits per heavy atom. The molecular formula is C20H15FN2O2S. The van der Waals surface area contributed by atoms with E-state index >= 15 is 0 Å². The third-order valence-corrected chi connectivity index (χ3v) is 4.63. The number of carbonyl (C=O) groups excluding carboxylic acids is 1. The number of halogens is 1. The van der Waals surface area contributed by atoms with Crippen LogP contribution in [0.1, 0.15) is 5.56 Å². The van der Waals surface area contributed by atoms with Crippen LogP contribution < -0.4 is 4.74 Å². The van der Waals surface area contributed by atoms with Crippen molar-refractivity contribution in [1.29, 1.82) is 0 Å². The van der Waals surface area contributed by atoms with Gasteiger partial charge in [0.2, 0.25) is 0 Å². The van der Waals surface area contributed by atoms with Gasteiger partial charge in [-0.1, -0.05) is 24.1 Å². The molecule has 0 N–H and O–H groups in total. The highest BCUT2D eigenvalue weighted by atomic mass is 32.2. The Morgan fingerprint density at radius 2 is 2.00 bits per heavy atom. The second-order valence-corrected chi connectivity index (χ2v) is 6.39. The molecule has 4 nitrogen and oxygen atoms in total. The first-order chi connectivity index (χ1) is 12.6. The molecule has 130 valence electrons. The number of hydrogen-bond acceptors (Lipinski definition) is 4. The summed E-state index contributed by atoms with van der Waals surface area (Å²) in [5.41, 5.74) is 1.34. The number of benzene rings is 2. The molecule has 0 saturated carbocycles. The highest BCUT2D eigenvalue weighted by Gasteiger charge is 2.30. The molecule has 1 fully saturated rings. The van der Waals surface area contributed by atoms with E-state index < -0.39 is 0 Å². The lowest BCUT2D eigenvalue weighted by atomic mass is 10.2. The van der Waals surface area contributed by atoms with Crippen molar-refractivity contribution in [2.75, 3.05) is 13.7 Å². The van der Waals surface area contributed by atoms with Gasteiger partial charge in [-0.15, -0.1) is 6.42 Å². The van der Waals surface area contributed by atoms with Gasteiger partial charge >= 0.3 is 0 Å². The first kappa shape index (κ1) is 17.8. The number of carbonyl (C=O) groups is 1. The van der Waals surface area contributed by atoms with Crippen molar-refractivity contribution in [3.8, 4) is 18.1 Å². The van der Waals surface area contributed by atoms with Gasteiger partial charge in [0.25, 0.3) is 5.91 Å². The van der Waals surface area contributed by atoms with Crippen molar-refractivity contribution in [2.45, 2.75) is 0 Å². The lowest BCUT2D eigenvalue weighted by Crippen LogP contribution is -2.23. The number of amides is 1. The van der Waals surface area contributed by atoms with Crippen molar-refractivity contribution in [3.05, 3.63) is 64.8 Å². The van der Waals surface area contributed by atoms with Gasteiger partial charge in [0, 0.05) is 12.6 Å². The van der Waals surface area contributed by atoms with Gasteiger partial charge in [-0.05, 0) is 48.2 Å². The summed E-state index contributed by atoms with van der Waals surface area (Å²) in [5.74, 6) is 2.54. The monoisotopic (exact) mass is 366 g/mol. The fraction of sp³-hybridized carbons (Fsp3) is 0.100. The number of nitrogens with zero attached hydrogens (tertiary/aromatic N) is 2. The molecule has 0 radical (unpaired) electrons. The molecule has 0 unspecified atom stereocenters. The first-order valence-corrected chi connectivity index (χ1v) is 8.57. The van der Waals surface area contributed by atoms with Crippen LogP contribution in [0.15, 0.2) is 58.4 Å². The Kier molecular flexibility index (Phi) is 5.40. The largest absolute Gasteiger partial charge is 0.480 e. The van der Waals surface area contributed by atoms with E-state index in [1.165, 1.54) is 28.8 Å². The molecule has 0 atom stereocenters. The number of aliphatic imine (C=N–C) groups is 1. The minimum atomic E-state index is -0.332. The van der Waals surface area contributed by atoms with Gasteiger partial charge in [0.15, 0.2) is 5.17 Å². The number of rotatable bonds is 4. The lowest BCUT2D eigenvalue weighted by Gasteiger charge is -2.07. The Morgan fingerprint density at radius 3 is 2.73 bits per heavy atom. The molecule has 26 heavy (non-hydrogen) atoms. The Balaban J connectivity index is 1.88. The van der Waals surface area contributed by atoms with Crippen LogP contribution >= 0.6 is 11.8 Å². The second kappa shape index (κ2) is 7.89. The number of likely N-dealkylation sites (N-methyl/N-ethyl adjacent to an activating group) is 1. The number of terminal acetylenes is 1. The molecule has 1 saturated heterocycles. The molecule has 6 heteroatoms. The summed E-state index contributed by atoms with van der Waals surface area (Å²) in [6, 6.07) is 13.1. The summed E-state index contributed by atoms with van der Waals surface area (Å²) >= 11 is 1.25. The van der Waals surface area contributed by atoms with Crippen molar-refractivity contribution < 1.29 is 13.9 Å². The smallest absolute Gasteiger partial charge is 0.266 e. The summed E-state index contributed by atoms with van der Waals surface area (Å²) < 4.78 is 18.5. The molecule has 0 spiro atoms. The molecule has 0 bridgehead atoms. The Labute approximate surface area is 155 Å². The molecular weight excluding hydrogens is 351 g/mol. The first-order valence-electron chi connectivity index (χ1n) is 7.75. The second-order valence-electron chi connectivity index (χ2n) is 5.38. The number of hydrogen-bond donors (Lipinski definition) is 0. The van der Waals surface area contributed by atoms with E-state index in [1.807, 2.05) is 18.2 Å². The molecule has 0 aliphatic carbocycles. The topological polar surface area (TPSA) is 41.9 Å². The minimum Gasteiger partial charge on any atom is -0.480 e. The highest BCUT2D eigenvalue weighted by Crippen LogP contribution is 2.34. The van der Waals surface area contributed by atoms with E-state index in [4.69, 9.17) is 11.2 Å². The quantitative estimate of drug-likeness (QED) is 0.605. The van der Waals surface area contributed by atoms with Crippen molar-refractivity contribution in [3.63, 3.8) is 0 Å². The highest BCUT2D eigenvalue weighted by molar-refractivity contribution is 8.18. The van der Waals surface area contributed by atoms with Crippen LogP contribution in [-0.2, 0) is 4.79 Å². The summed E-state index contributed by atoms with van der Waals surface area (Å²) in [5, 5.41) is 0.523. The Hall–Kier alpha value is -3.04. The standard InChI is InChI=1S/C20H15FN2O2S/c1-3-12-25-17-7-5-4-6-14(17)13-18-19(24)23(2)20(26-18)22-16-10-8-15(21)9-11-16/h1,4-11,13H,12H2,2H3/b18-13+,22-20?. The fourth-order valence-electron chi connectivity index (χ4n) is 2.27. The molecule has 2 aromatic carbocycles. The van der Waals surface area contributed by atoms with Crippen molar-refractivity contribution >= 4 is 34.6 Å². The third-order valence-electron chi connectivity index (χ3n) is 3.57. The number of ether oxygens (including phenoxy) is 1. The minimum absolute atomic E-state index is 0.151. The molecule has 2 aromatic rings. The molecule has 0 aromatic heterocycles. The summed E-state index contributed by atoms with van der Waals surface area (Å²) in [7, 11) is 1.65. The summed E-state index contributed by atoms with van der Waals surface area (Å²) in [4.78, 5) is 18.9. The molecule has 1 heterocycles. The van der Waals surface area contributed by atoms with Gasteiger partial charge in [0.1, 0.15) is 18.2 Å². The van der Waals surface area contributed by atoms with E-state index in [1.54, 1.807) is 31.3 Å². The van der Waals surface area contributed by atoms with Crippen LogP contribution in [-0.4, -0.2) is 29.6 Å². The van der Waals surface area contributed by atoms with Crippen LogP contribution in [0, 0.1) is 18.2 Å². The number of thioether (sulfide) groups is 1. The Bertz CT molecular complexity index is 930. The van der Waals surface area contributed by atoms with E-state index in [0.717, 1.165) is 5.56 Å². The molecule has 3 rings (SSSR count). The maximum atomic E-state index is 13.0. The average molecular weight is 366 g/mol. The van der Waals surface area contributed by atoms with Crippen LogP contribution in [0.5, 0.6) is 5.75 Å². The van der Waals surface area contributed by atoms with Gasteiger partial charge in [-0.2, -0.15) is 0 Å². The van der Waals surface area contributed by atoms with Gasteiger partial charge in [0.05, 0.1) is 10.6 Å². The van der Waals surface area contributed by atoms with Crippen molar-refractivity contribution in [2.24, 2.45) is 4.99 Å². The predicted octanol–water partition coefficient (Wildman–Crippen LogP) is 4.07. The summed E-state index contributed by atoms with van der Waals surface area (Å²) in [6.07, 6.45) is 6.99. The maximum absolute atomic E-state index is 13.0. The normalized spacial score (nSPS) is 17.0. The van der Waals surface area contributed by atoms with E-state index in [9.17, 15) is 9.18 Å². The molecule has 1 aliphatic heterocycles. The van der Waals surface area contributed by atoms with Crippen molar-refractivity contribution in [1.82, 2.24) is 4.90 Å². The number of amidine groups is 1. The molecule has 1 amide bonds. The summed E-state index contributed by atoms with van der Waals surface area (Å²) in [6.45, 7) is 0.151. The number of para-hydroxylation sites is 1. The fourth-order valence-corrected chi connectivity index (χ4v) is 3.25. The maximum Gasteiger partial charge on any atom is 0.266 e. The third kappa shape index (κ3) is 3.95. The molecule has 1 aliphatic rings. The van der Waals surface area contributed by atoms with E-state index in [2.05, 4.69) is 10.9 Å².